The molecule has 3 N–H and O–H groups in total. The van der Waals surface area contributed by atoms with Gasteiger partial charge in [-0.3, -0.25) is 0 Å². The van der Waals surface area contributed by atoms with Crippen molar-refractivity contribution < 1.29 is 0 Å². The molecule has 0 aromatic carbocycles. The molecule has 10 heteroatoms. The Morgan fingerprint density at radius 3 is 0.765 bits per heavy atom. The van der Waals surface area contributed by atoms with Crippen LogP contribution in [-0.2, 0) is 0 Å². The first-order valence-electron chi connectivity index (χ1n) is 3.84. The second-order valence-electron chi connectivity index (χ2n) is 1.94. The van der Waals surface area contributed by atoms with Crippen molar-refractivity contribution in [1.82, 2.24) is 0 Å². The summed E-state index contributed by atoms with van der Waals surface area (Å²) in [6, 6.07) is 0. The third-order valence-corrected chi connectivity index (χ3v) is 3.28. The van der Waals surface area contributed by atoms with Crippen LogP contribution in [0.5, 0.6) is 0 Å². The third-order valence-electron chi connectivity index (χ3n) is 1.09. The van der Waals surface area contributed by atoms with Crippen molar-refractivity contribution in [3.8, 4) is 0 Å². The first-order chi connectivity index (χ1) is 6.12. The minimum atomic E-state index is -1.40. The van der Waals surface area contributed by atoms with E-state index in [9.17, 15) is 0 Å². The molecule has 0 saturated carbocycles. The maximum absolute atomic E-state index is 5.75. The Balaban J connectivity index is -0.0000000120. The van der Waals surface area contributed by atoms with Crippen molar-refractivity contribution in [3.05, 3.63) is 27.2 Å². The Morgan fingerprint density at radius 1 is 0.647 bits per heavy atom. The maximum atomic E-state index is 5.75. The summed E-state index contributed by atoms with van der Waals surface area (Å²) in [6.07, 6.45) is 0. The van der Waals surface area contributed by atoms with Gasteiger partial charge in [0, 0.05) is 0 Å². The van der Waals surface area contributed by atoms with Crippen LogP contribution in [0.4, 0.5) is 0 Å². The molecule has 3 radical (unpaired) electrons. The standard InChI is InChI=1S/C4H12N2Si.3CH4N.4Sn.4H/c1-5-7(3,4)6-2;3*1-2;;;;;;;;/h1-4H3;3*2H,1H3;;;;;;;;/q-2;3*-1;;3*+3;;;;. The van der Waals surface area contributed by atoms with Crippen LogP contribution in [0.15, 0.2) is 0 Å². The molecule has 0 atom stereocenters. The van der Waals surface area contributed by atoms with Crippen LogP contribution in [0.2, 0.25) is 13.1 Å². The van der Waals surface area contributed by atoms with Crippen molar-refractivity contribution >= 4 is 104 Å². The molecule has 0 spiro atoms. The van der Waals surface area contributed by atoms with E-state index in [4.69, 9.17) is 17.2 Å². The predicted molar refractivity (Wildman–Crippen MR) is 95.4 cm³/mol. The predicted octanol–water partition coefficient (Wildman–Crippen LogP) is 1.11. The quantitative estimate of drug-likeness (QED) is 0.390. The Kier molecular flexibility index (Phi) is 149. The van der Waals surface area contributed by atoms with E-state index in [-0.39, 0.29) is 95.6 Å². The molecule has 0 amide bonds. The van der Waals surface area contributed by atoms with E-state index in [1.807, 2.05) is 14.1 Å². The normalized spacial score (nSPS) is 6.00. The Bertz CT molecular complexity index is 68.2. The van der Waals surface area contributed by atoms with Crippen molar-refractivity contribution in [2.45, 2.75) is 13.1 Å². The van der Waals surface area contributed by atoms with Gasteiger partial charge in [0.25, 0.3) is 0 Å². The fourth-order valence-corrected chi connectivity index (χ4v) is 0.300. The topological polar surface area (TPSA) is 99.6 Å². The summed E-state index contributed by atoms with van der Waals surface area (Å²) in [5, 5.41) is 0. The Hall–Kier alpha value is 3.21. The molecule has 5 nitrogen and oxygen atoms in total. The molecule has 0 aliphatic rings. The molecular formula is C7H28N5SiSn4+4. The van der Waals surface area contributed by atoms with Gasteiger partial charge in [0.1, 0.15) is 0 Å². The zero-order valence-electron chi connectivity index (χ0n) is 12.2. The summed E-state index contributed by atoms with van der Waals surface area (Å²) >= 11 is 0. The monoisotopic (exact) mass is 690 g/mol. The van der Waals surface area contributed by atoms with E-state index in [1.54, 1.807) is 0 Å². The van der Waals surface area contributed by atoms with Gasteiger partial charge in [-0.1, -0.05) is 0 Å². The second-order valence-corrected chi connectivity index (χ2v) is 5.82. The van der Waals surface area contributed by atoms with E-state index in [2.05, 4.69) is 23.1 Å². The number of nitrogens with zero attached hydrogens (tertiary/aromatic N) is 2. The van der Waals surface area contributed by atoms with Crippen molar-refractivity contribution in [1.29, 1.82) is 0 Å². The molecule has 0 aliphatic heterocycles. The molecule has 97 valence electrons. The summed E-state index contributed by atoms with van der Waals surface area (Å²) in [6.45, 7) is 4.21. The summed E-state index contributed by atoms with van der Waals surface area (Å²) in [4.78, 5) is 8.22. The molecule has 0 unspecified atom stereocenters. The van der Waals surface area contributed by atoms with Gasteiger partial charge < -0.3 is 27.2 Å². The van der Waals surface area contributed by atoms with E-state index >= 15 is 0 Å². The van der Waals surface area contributed by atoms with E-state index in [1.165, 1.54) is 21.1 Å². The van der Waals surface area contributed by atoms with Gasteiger partial charge in [-0.05, 0) is 0 Å². The zero-order valence-corrected chi connectivity index (χ0v) is 26.4. The number of hydrogen-bond donors (Lipinski definition) is 0. The molecule has 0 heterocycles. The molecule has 0 aromatic rings. The van der Waals surface area contributed by atoms with Gasteiger partial charge in [-0.15, -0.1) is 13.1 Å². The summed E-state index contributed by atoms with van der Waals surface area (Å²) in [5.41, 5.74) is 17.2. The third kappa shape index (κ3) is 67.1. The number of nitrogens with one attached hydrogen (secondary N) is 3. The molecule has 0 bridgehead atoms. The average molecular weight is 685 g/mol. The van der Waals surface area contributed by atoms with Crippen LogP contribution >= 0.6 is 0 Å². The molecule has 0 aromatic heterocycles. The summed E-state index contributed by atoms with van der Waals surface area (Å²) in [7, 11) is 6.01. The summed E-state index contributed by atoms with van der Waals surface area (Å²) < 4.78 is 0. The molecular weight excluding hydrogens is 657 g/mol. The minimum absolute atomic E-state index is 0. The van der Waals surface area contributed by atoms with E-state index in [0.717, 1.165) is 0 Å². The summed E-state index contributed by atoms with van der Waals surface area (Å²) in [5.74, 6) is 0. The van der Waals surface area contributed by atoms with Gasteiger partial charge in [-0.25, -0.2) is 0 Å². The van der Waals surface area contributed by atoms with Crippen molar-refractivity contribution in [2.75, 3.05) is 35.2 Å². The zero-order chi connectivity index (χ0) is 11.9. The van der Waals surface area contributed by atoms with Gasteiger partial charge in [0.2, 0.25) is 0 Å². The van der Waals surface area contributed by atoms with Crippen LogP contribution in [0, 0.1) is 0 Å². The van der Waals surface area contributed by atoms with Gasteiger partial charge in [0.15, 0.2) is 0 Å². The van der Waals surface area contributed by atoms with Crippen LogP contribution in [0.25, 0.3) is 27.2 Å². The van der Waals surface area contributed by atoms with Gasteiger partial charge in [0.05, 0.1) is 0 Å². The number of rotatable bonds is 2. The van der Waals surface area contributed by atoms with Crippen LogP contribution < -0.4 is 0 Å². The van der Waals surface area contributed by atoms with Gasteiger partial charge in [-0.2, -0.15) is 43.6 Å². The van der Waals surface area contributed by atoms with E-state index in [0.29, 0.717) is 0 Å². The average Bonchev–Trinajstić information content (AvgIpc) is 2.26. The number of hydrogen-bond acceptors (Lipinski definition) is 0. The fraction of sp³-hybridized carbons (Fsp3) is 1.00. The molecule has 0 fully saturated rings. The molecule has 17 heavy (non-hydrogen) atoms. The van der Waals surface area contributed by atoms with E-state index < -0.39 is 8.40 Å². The first-order valence-corrected chi connectivity index (χ1v) is 6.74. The van der Waals surface area contributed by atoms with Crippen LogP contribution in [-0.4, -0.2) is 139 Å². The first kappa shape index (κ1) is 50.0. The Labute approximate surface area is 177 Å². The second kappa shape index (κ2) is 50.7. The Morgan fingerprint density at radius 2 is 0.765 bits per heavy atom. The molecule has 0 aliphatic carbocycles. The molecule has 0 saturated heterocycles. The van der Waals surface area contributed by atoms with Crippen LogP contribution in [0.3, 0.4) is 0 Å². The van der Waals surface area contributed by atoms with Crippen LogP contribution in [0.1, 0.15) is 0 Å². The fourth-order valence-electron chi connectivity index (χ4n) is 0.100. The SMILES string of the molecule is C[N-][Si](C)(C)[N-]C.C[NH-].C[NH-].C[NH-].[SnH+3].[SnH+3].[SnH+3].[SnH]. The molecule has 0 rings (SSSR count). The van der Waals surface area contributed by atoms with Gasteiger partial charge >= 0.3 is 95.6 Å². The van der Waals surface area contributed by atoms with Crippen molar-refractivity contribution in [3.63, 3.8) is 0 Å². The van der Waals surface area contributed by atoms with Crippen molar-refractivity contribution in [2.24, 2.45) is 0 Å².